The van der Waals surface area contributed by atoms with Gasteiger partial charge in [0.05, 0.1) is 17.6 Å². The first-order chi connectivity index (χ1) is 14.6. The molecular weight excluding hydrogens is 374 g/mol. The second kappa shape index (κ2) is 11.4. The van der Waals surface area contributed by atoms with E-state index in [0.29, 0.717) is 0 Å². The van der Waals surface area contributed by atoms with Crippen LogP contribution in [0.3, 0.4) is 0 Å². The summed E-state index contributed by atoms with van der Waals surface area (Å²) in [6.45, 7) is 6.09. The Kier molecular flexibility index (Phi) is 8.30. The van der Waals surface area contributed by atoms with E-state index in [1.165, 1.54) is 11.1 Å². The van der Waals surface area contributed by atoms with Crippen molar-refractivity contribution in [2.45, 2.75) is 58.9 Å². The van der Waals surface area contributed by atoms with Gasteiger partial charge in [-0.05, 0) is 56.9 Å². The highest BCUT2D eigenvalue weighted by Crippen LogP contribution is 2.19. The summed E-state index contributed by atoms with van der Waals surface area (Å²) < 4.78 is 8.23. The zero-order valence-electron chi connectivity index (χ0n) is 18.2. The molecule has 1 amide bonds. The zero-order valence-corrected chi connectivity index (χ0v) is 18.2. The molecule has 0 aliphatic heterocycles. The molecule has 0 unspecified atom stereocenters. The van der Waals surface area contributed by atoms with Gasteiger partial charge in [-0.1, -0.05) is 36.2 Å². The number of amides is 1. The number of rotatable bonds is 12. The van der Waals surface area contributed by atoms with Crippen molar-refractivity contribution < 1.29 is 9.53 Å². The van der Waals surface area contributed by atoms with Gasteiger partial charge in [0, 0.05) is 26.4 Å². The summed E-state index contributed by atoms with van der Waals surface area (Å²) in [4.78, 5) is 15.8. The third-order valence-corrected chi connectivity index (χ3v) is 5.25. The van der Waals surface area contributed by atoms with E-state index in [0.717, 1.165) is 75.3 Å². The number of nitrogens with zero attached hydrogens (tertiary/aromatic N) is 2. The molecule has 0 atom stereocenters. The number of para-hydroxylation sites is 2. The van der Waals surface area contributed by atoms with Gasteiger partial charge in [0.2, 0.25) is 5.91 Å². The van der Waals surface area contributed by atoms with Crippen molar-refractivity contribution in [3.63, 3.8) is 0 Å². The Morgan fingerprint density at radius 1 is 1.00 bits per heavy atom. The number of unbranched alkanes of at least 4 members (excludes halogenated alkanes) is 3. The second-order valence-corrected chi connectivity index (χ2v) is 7.83. The van der Waals surface area contributed by atoms with E-state index >= 15 is 0 Å². The molecule has 5 nitrogen and oxygen atoms in total. The lowest BCUT2D eigenvalue weighted by Crippen LogP contribution is -2.20. The van der Waals surface area contributed by atoms with Crippen LogP contribution in [0.15, 0.2) is 48.5 Å². The van der Waals surface area contributed by atoms with E-state index in [1.807, 2.05) is 18.2 Å². The Labute approximate surface area is 179 Å². The number of carbonyl (C=O) groups is 1. The standard InChI is InChI=1S/C25H33N3O2/c1-20-13-15-22(16-14-20)30-19-9-8-18-28-24-11-6-5-10-23(24)27-25(28)12-4-3-7-17-26-21(2)29/h5-6,10-11,13-16H,3-4,7-9,12,17-19H2,1-2H3,(H,26,29). The van der Waals surface area contributed by atoms with Crippen LogP contribution >= 0.6 is 0 Å². The monoisotopic (exact) mass is 407 g/mol. The van der Waals surface area contributed by atoms with Gasteiger partial charge in [-0.15, -0.1) is 0 Å². The first kappa shape index (κ1) is 21.9. The molecule has 1 heterocycles. The Balaban J connectivity index is 1.48. The van der Waals surface area contributed by atoms with E-state index in [2.05, 4.69) is 47.1 Å². The third-order valence-electron chi connectivity index (χ3n) is 5.25. The van der Waals surface area contributed by atoms with E-state index in [-0.39, 0.29) is 5.91 Å². The highest BCUT2D eigenvalue weighted by atomic mass is 16.5. The quantitative estimate of drug-likeness (QED) is 0.427. The molecule has 0 aliphatic carbocycles. The number of aromatic nitrogens is 2. The fourth-order valence-corrected chi connectivity index (χ4v) is 3.61. The number of nitrogens with one attached hydrogen (secondary N) is 1. The Morgan fingerprint density at radius 3 is 2.60 bits per heavy atom. The van der Waals surface area contributed by atoms with Crippen molar-refractivity contribution in [3.8, 4) is 5.75 Å². The maximum Gasteiger partial charge on any atom is 0.216 e. The van der Waals surface area contributed by atoms with Crippen molar-refractivity contribution in [1.82, 2.24) is 14.9 Å². The van der Waals surface area contributed by atoms with E-state index < -0.39 is 0 Å². The fourth-order valence-electron chi connectivity index (χ4n) is 3.61. The van der Waals surface area contributed by atoms with Gasteiger partial charge in [0.1, 0.15) is 11.6 Å². The highest BCUT2D eigenvalue weighted by molar-refractivity contribution is 5.75. The van der Waals surface area contributed by atoms with Crippen LogP contribution in [-0.2, 0) is 17.8 Å². The van der Waals surface area contributed by atoms with Gasteiger partial charge in [-0.25, -0.2) is 4.98 Å². The minimum Gasteiger partial charge on any atom is -0.494 e. The number of carbonyl (C=O) groups excluding carboxylic acids is 1. The lowest BCUT2D eigenvalue weighted by atomic mass is 10.2. The van der Waals surface area contributed by atoms with Crippen molar-refractivity contribution in [1.29, 1.82) is 0 Å². The molecule has 0 fully saturated rings. The SMILES string of the molecule is CC(=O)NCCCCCc1nc2ccccc2n1CCCCOc1ccc(C)cc1. The lowest BCUT2D eigenvalue weighted by Gasteiger charge is -2.10. The summed E-state index contributed by atoms with van der Waals surface area (Å²) in [7, 11) is 0. The maximum absolute atomic E-state index is 10.9. The Morgan fingerprint density at radius 2 is 1.80 bits per heavy atom. The Bertz CT molecular complexity index is 931. The van der Waals surface area contributed by atoms with Crippen LogP contribution in [0.25, 0.3) is 11.0 Å². The number of benzene rings is 2. The molecule has 0 saturated heterocycles. The number of fused-ring (bicyclic) bond motifs is 1. The molecule has 0 spiro atoms. The highest BCUT2D eigenvalue weighted by Gasteiger charge is 2.10. The number of imidazole rings is 1. The van der Waals surface area contributed by atoms with Crippen LogP contribution in [-0.4, -0.2) is 28.6 Å². The van der Waals surface area contributed by atoms with Crippen LogP contribution in [0.5, 0.6) is 5.75 Å². The molecule has 3 rings (SSSR count). The molecule has 0 bridgehead atoms. The molecule has 0 saturated carbocycles. The predicted octanol–water partition coefficient (Wildman–Crippen LogP) is 5.05. The normalized spacial score (nSPS) is 11.0. The molecular formula is C25H33N3O2. The van der Waals surface area contributed by atoms with Crippen molar-refractivity contribution in [3.05, 3.63) is 59.9 Å². The van der Waals surface area contributed by atoms with Crippen LogP contribution < -0.4 is 10.1 Å². The Hall–Kier alpha value is -2.82. The predicted molar refractivity (Wildman–Crippen MR) is 122 cm³/mol. The van der Waals surface area contributed by atoms with Gasteiger partial charge >= 0.3 is 0 Å². The molecule has 1 aromatic heterocycles. The summed E-state index contributed by atoms with van der Waals surface area (Å²) in [5.41, 5.74) is 3.53. The van der Waals surface area contributed by atoms with Gasteiger partial charge < -0.3 is 14.6 Å². The molecule has 30 heavy (non-hydrogen) atoms. The van der Waals surface area contributed by atoms with Crippen molar-refractivity contribution in [2.75, 3.05) is 13.2 Å². The maximum atomic E-state index is 10.9. The summed E-state index contributed by atoms with van der Waals surface area (Å²) >= 11 is 0. The van der Waals surface area contributed by atoms with Crippen LogP contribution in [0.2, 0.25) is 0 Å². The van der Waals surface area contributed by atoms with Gasteiger partial charge in [-0.3, -0.25) is 4.79 Å². The van der Waals surface area contributed by atoms with Crippen LogP contribution in [0.4, 0.5) is 0 Å². The van der Waals surface area contributed by atoms with Crippen molar-refractivity contribution >= 4 is 16.9 Å². The smallest absolute Gasteiger partial charge is 0.216 e. The summed E-state index contributed by atoms with van der Waals surface area (Å²) in [6, 6.07) is 16.6. The summed E-state index contributed by atoms with van der Waals surface area (Å²) in [5, 5.41) is 2.86. The van der Waals surface area contributed by atoms with Gasteiger partial charge in [0.25, 0.3) is 0 Å². The average molecular weight is 408 g/mol. The summed E-state index contributed by atoms with van der Waals surface area (Å²) in [6.07, 6.45) is 6.22. The fraction of sp³-hybridized carbons (Fsp3) is 0.440. The van der Waals surface area contributed by atoms with E-state index in [1.54, 1.807) is 6.92 Å². The van der Waals surface area contributed by atoms with E-state index in [9.17, 15) is 4.79 Å². The average Bonchev–Trinajstić information content (AvgIpc) is 3.09. The number of hydrogen-bond acceptors (Lipinski definition) is 3. The summed E-state index contributed by atoms with van der Waals surface area (Å²) in [5.74, 6) is 2.15. The van der Waals surface area contributed by atoms with Crippen molar-refractivity contribution in [2.24, 2.45) is 0 Å². The number of aryl methyl sites for hydroxylation is 3. The molecule has 0 aliphatic rings. The van der Waals surface area contributed by atoms with Gasteiger partial charge in [-0.2, -0.15) is 0 Å². The topological polar surface area (TPSA) is 56.2 Å². The minimum absolute atomic E-state index is 0.0446. The minimum atomic E-state index is 0.0446. The molecule has 3 aromatic rings. The van der Waals surface area contributed by atoms with E-state index in [4.69, 9.17) is 9.72 Å². The second-order valence-electron chi connectivity index (χ2n) is 7.83. The number of hydrogen-bond donors (Lipinski definition) is 1. The molecule has 160 valence electrons. The zero-order chi connectivity index (χ0) is 21.2. The first-order valence-corrected chi connectivity index (χ1v) is 11.0. The molecule has 2 aromatic carbocycles. The largest absolute Gasteiger partial charge is 0.494 e. The molecule has 5 heteroatoms. The van der Waals surface area contributed by atoms with Gasteiger partial charge in [0.15, 0.2) is 0 Å². The lowest BCUT2D eigenvalue weighted by molar-refractivity contribution is -0.118. The van der Waals surface area contributed by atoms with Crippen LogP contribution in [0, 0.1) is 6.92 Å². The number of ether oxygens (including phenoxy) is 1. The molecule has 0 radical (unpaired) electrons. The first-order valence-electron chi connectivity index (χ1n) is 11.0. The molecule has 1 N–H and O–H groups in total. The third kappa shape index (κ3) is 6.61. The van der Waals surface area contributed by atoms with Crippen LogP contribution in [0.1, 0.15) is 50.4 Å².